The molecule has 3 heterocycles. The number of hydrogen-bond donors (Lipinski definition) is 1. The first-order valence-corrected chi connectivity index (χ1v) is 12.2. The predicted molar refractivity (Wildman–Crippen MR) is 131 cm³/mol. The summed E-state index contributed by atoms with van der Waals surface area (Å²) in [5.41, 5.74) is 1.54. The van der Waals surface area contributed by atoms with Gasteiger partial charge in [-0.3, -0.25) is 24.4 Å². The molecule has 1 fully saturated rings. The Labute approximate surface area is 206 Å². The molecule has 0 unspecified atom stereocenters. The summed E-state index contributed by atoms with van der Waals surface area (Å²) in [6.07, 6.45) is 2.18. The quantitative estimate of drug-likeness (QED) is 0.522. The molecular formula is C23H25ClN4O5S. The number of thiophene rings is 1. The van der Waals surface area contributed by atoms with Crippen LogP contribution in [0.5, 0.6) is 0 Å². The van der Waals surface area contributed by atoms with Gasteiger partial charge in [-0.05, 0) is 49.2 Å². The molecule has 2 aliphatic heterocycles. The lowest BCUT2D eigenvalue weighted by Gasteiger charge is -2.29. The number of benzene rings is 1. The molecule has 0 spiro atoms. The third-order valence-electron chi connectivity index (χ3n) is 5.63. The van der Waals surface area contributed by atoms with E-state index in [1.807, 2.05) is 24.3 Å². The van der Waals surface area contributed by atoms with Gasteiger partial charge in [-0.15, -0.1) is 11.3 Å². The second-order valence-corrected chi connectivity index (χ2v) is 9.68. The maximum Gasteiger partial charge on any atom is 0.414 e. The normalized spacial score (nSPS) is 17.9. The molecule has 0 bridgehead atoms. The number of rotatable bonds is 9. The number of anilines is 2. The molecule has 11 heteroatoms. The van der Waals surface area contributed by atoms with Gasteiger partial charge < -0.3 is 9.84 Å². The van der Waals surface area contributed by atoms with Crippen molar-refractivity contribution < 1.29 is 24.2 Å². The van der Waals surface area contributed by atoms with E-state index in [0.717, 1.165) is 5.69 Å². The van der Waals surface area contributed by atoms with Gasteiger partial charge >= 0.3 is 6.09 Å². The fraction of sp³-hybridized carbons (Fsp3) is 0.391. The van der Waals surface area contributed by atoms with Crippen LogP contribution in [0.1, 0.15) is 35.4 Å². The first kappa shape index (κ1) is 24.2. The van der Waals surface area contributed by atoms with Gasteiger partial charge in [0, 0.05) is 31.7 Å². The number of cyclic esters (lactones) is 1. The second kappa shape index (κ2) is 11.0. The van der Waals surface area contributed by atoms with Gasteiger partial charge in [-0.2, -0.15) is 5.10 Å². The smallest absolute Gasteiger partial charge is 0.414 e. The molecule has 1 aromatic heterocycles. The summed E-state index contributed by atoms with van der Waals surface area (Å²) in [5, 5.41) is 15.0. The fourth-order valence-corrected chi connectivity index (χ4v) is 4.78. The Kier molecular flexibility index (Phi) is 7.81. The second-order valence-electron chi connectivity index (χ2n) is 7.97. The Morgan fingerprint density at radius 1 is 1.12 bits per heavy atom. The lowest BCUT2D eigenvalue weighted by molar-refractivity contribution is -0.127. The average Bonchev–Trinajstić information content (AvgIpc) is 3.46. The minimum absolute atomic E-state index is 0.00787. The number of hydrogen-bond acceptors (Lipinski definition) is 8. The third kappa shape index (κ3) is 5.75. The number of ketones is 1. The van der Waals surface area contributed by atoms with Crippen molar-refractivity contribution in [3.63, 3.8) is 0 Å². The molecule has 4 rings (SSSR count). The Bertz CT molecular complexity index is 1070. The number of hydrazone groups is 1. The molecule has 1 N–H and O–H groups in total. The van der Waals surface area contributed by atoms with Gasteiger partial charge in [-0.1, -0.05) is 11.6 Å². The Balaban J connectivity index is 1.30. The van der Waals surface area contributed by atoms with Gasteiger partial charge in [0.1, 0.15) is 12.4 Å². The molecule has 2 amide bonds. The highest BCUT2D eigenvalue weighted by atomic mass is 35.5. The van der Waals surface area contributed by atoms with Crippen LogP contribution in [0, 0.1) is 0 Å². The zero-order chi connectivity index (χ0) is 24.1. The van der Waals surface area contributed by atoms with Crippen LogP contribution in [0.2, 0.25) is 4.34 Å². The standard InChI is InChI=1S/C23H25ClN4O5S/c24-21-10-9-20(34-21)19(30)8-7-18-14-27(23(32)33-18)16-3-5-17(6-4-16)28-12-11-26(15-25-28)22(31)2-1-13-29/h3-6,9-10,15,18,29H,1-2,7-8,11-14H2/t18-/m0/s1. The van der Waals surface area contributed by atoms with E-state index < -0.39 is 6.09 Å². The largest absolute Gasteiger partial charge is 0.444 e. The minimum Gasteiger partial charge on any atom is -0.444 e. The monoisotopic (exact) mass is 504 g/mol. The van der Waals surface area contributed by atoms with E-state index in [0.29, 0.717) is 53.8 Å². The van der Waals surface area contributed by atoms with Gasteiger partial charge in [0.05, 0.1) is 28.0 Å². The van der Waals surface area contributed by atoms with E-state index in [2.05, 4.69) is 5.10 Å². The zero-order valence-corrected chi connectivity index (χ0v) is 20.0. The van der Waals surface area contributed by atoms with Gasteiger partial charge in [0.25, 0.3) is 0 Å². The van der Waals surface area contributed by atoms with E-state index in [9.17, 15) is 14.4 Å². The van der Waals surface area contributed by atoms with Crippen molar-refractivity contribution in [2.45, 2.75) is 31.8 Å². The van der Waals surface area contributed by atoms with Crippen molar-refractivity contribution in [2.75, 3.05) is 36.1 Å². The predicted octanol–water partition coefficient (Wildman–Crippen LogP) is 3.75. The molecule has 34 heavy (non-hydrogen) atoms. The van der Waals surface area contributed by atoms with Crippen LogP contribution in [0.3, 0.4) is 0 Å². The fourth-order valence-electron chi connectivity index (χ4n) is 3.77. The van der Waals surface area contributed by atoms with Crippen LogP contribution in [0.4, 0.5) is 16.2 Å². The summed E-state index contributed by atoms with van der Waals surface area (Å²) in [4.78, 5) is 40.4. The van der Waals surface area contributed by atoms with Crippen LogP contribution in [0.25, 0.3) is 0 Å². The van der Waals surface area contributed by atoms with E-state index in [-0.39, 0.29) is 30.8 Å². The Morgan fingerprint density at radius 2 is 1.88 bits per heavy atom. The molecule has 180 valence electrons. The number of amides is 2. The summed E-state index contributed by atoms with van der Waals surface area (Å²) in [6, 6.07) is 10.8. The number of aliphatic hydroxyl groups is 1. The Hall–Kier alpha value is -2.95. The van der Waals surface area contributed by atoms with E-state index >= 15 is 0 Å². The van der Waals surface area contributed by atoms with Gasteiger partial charge in [0.2, 0.25) is 5.91 Å². The Morgan fingerprint density at radius 3 is 2.53 bits per heavy atom. The topological polar surface area (TPSA) is 103 Å². The third-order valence-corrected chi connectivity index (χ3v) is 6.90. The summed E-state index contributed by atoms with van der Waals surface area (Å²) in [6.45, 7) is 1.41. The van der Waals surface area contributed by atoms with Crippen LogP contribution < -0.4 is 9.91 Å². The van der Waals surface area contributed by atoms with E-state index in [1.54, 1.807) is 26.9 Å². The number of carbonyl (C=O) groups is 3. The highest BCUT2D eigenvalue weighted by Crippen LogP contribution is 2.28. The highest BCUT2D eigenvalue weighted by Gasteiger charge is 2.32. The van der Waals surface area contributed by atoms with Gasteiger partial charge in [-0.25, -0.2) is 4.79 Å². The lowest BCUT2D eigenvalue weighted by Crippen LogP contribution is -2.41. The SMILES string of the molecule is O=C(CC[C@H]1CN(c2ccc(N3CCN(C(=O)CCCO)C=N3)cc2)C(=O)O1)c1ccc(Cl)s1. The van der Waals surface area contributed by atoms with Crippen LogP contribution in [0.15, 0.2) is 41.5 Å². The lowest BCUT2D eigenvalue weighted by atomic mass is 10.1. The molecule has 9 nitrogen and oxygen atoms in total. The molecule has 1 atom stereocenters. The molecular weight excluding hydrogens is 480 g/mol. The van der Waals surface area contributed by atoms with Crippen molar-refractivity contribution in [1.29, 1.82) is 0 Å². The van der Waals surface area contributed by atoms with E-state index in [1.165, 1.54) is 17.7 Å². The number of nitrogens with zero attached hydrogens (tertiary/aromatic N) is 4. The molecule has 2 aromatic rings. The van der Waals surface area contributed by atoms with Crippen LogP contribution >= 0.6 is 22.9 Å². The van der Waals surface area contributed by atoms with Crippen molar-refractivity contribution in [1.82, 2.24) is 4.90 Å². The van der Waals surface area contributed by atoms with Crippen molar-refractivity contribution in [3.8, 4) is 0 Å². The van der Waals surface area contributed by atoms with Crippen molar-refractivity contribution >= 4 is 58.4 Å². The van der Waals surface area contributed by atoms with Crippen molar-refractivity contribution in [2.24, 2.45) is 5.10 Å². The van der Waals surface area contributed by atoms with Crippen molar-refractivity contribution in [3.05, 3.63) is 45.6 Å². The summed E-state index contributed by atoms with van der Waals surface area (Å²) in [5.74, 6) is -0.0673. The zero-order valence-electron chi connectivity index (χ0n) is 18.4. The first-order valence-electron chi connectivity index (χ1n) is 11.0. The first-order chi connectivity index (χ1) is 16.4. The molecule has 1 saturated heterocycles. The van der Waals surface area contributed by atoms with E-state index in [4.69, 9.17) is 21.4 Å². The maximum absolute atomic E-state index is 12.4. The van der Waals surface area contributed by atoms with Gasteiger partial charge in [0.15, 0.2) is 5.78 Å². The molecule has 2 aliphatic rings. The minimum atomic E-state index is -0.433. The molecule has 1 aromatic carbocycles. The molecule has 0 aliphatic carbocycles. The number of halogens is 1. The number of aliphatic hydroxyl groups excluding tert-OH is 1. The maximum atomic E-state index is 12.4. The summed E-state index contributed by atoms with van der Waals surface area (Å²) in [7, 11) is 0. The van der Waals surface area contributed by atoms with Crippen LogP contribution in [-0.4, -0.2) is 66.5 Å². The number of carbonyl (C=O) groups excluding carboxylic acids is 3. The summed E-state index contributed by atoms with van der Waals surface area (Å²) >= 11 is 7.14. The average molecular weight is 505 g/mol. The molecule has 0 radical (unpaired) electrons. The molecule has 0 saturated carbocycles. The number of Topliss-reactive ketones (excluding diaryl/α,β-unsaturated/α-hetero) is 1. The summed E-state index contributed by atoms with van der Waals surface area (Å²) < 4.78 is 6.03. The van der Waals surface area contributed by atoms with Crippen LogP contribution in [-0.2, 0) is 9.53 Å². The highest BCUT2D eigenvalue weighted by molar-refractivity contribution is 7.18. The number of ether oxygens (including phenoxy) is 1.